The number of aromatic nitrogens is 1. The SMILES string of the molecule is Cc1cc(C)c2c(c1)CCc1cc(Br)cnc1C2N1CCN(C(=O)CC2CCNCC2)CC1. The molecule has 3 heterocycles. The van der Waals surface area contributed by atoms with E-state index in [2.05, 4.69) is 63.1 Å². The summed E-state index contributed by atoms with van der Waals surface area (Å²) >= 11 is 3.63. The maximum absolute atomic E-state index is 13.0. The molecule has 1 aromatic carbocycles. The number of fused-ring (bicyclic) bond motifs is 2. The van der Waals surface area contributed by atoms with E-state index in [1.54, 1.807) is 0 Å². The van der Waals surface area contributed by atoms with Gasteiger partial charge in [-0.2, -0.15) is 0 Å². The molecule has 1 N–H and O–H groups in total. The predicted octanol–water partition coefficient (Wildman–Crippen LogP) is 4.18. The average Bonchev–Trinajstić information content (AvgIpc) is 2.96. The Morgan fingerprint density at radius 1 is 1.06 bits per heavy atom. The van der Waals surface area contributed by atoms with Gasteiger partial charge in [0.2, 0.25) is 5.91 Å². The number of hydrogen-bond donors (Lipinski definition) is 1. The van der Waals surface area contributed by atoms with Crippen LogP contribution >= 0.6 is 15.9 Å². The van der Waals surface area contributed by atoms with Crippen LogP contribution < -0.4 is 5.32 Å². The molecule has 2 fully saturated rings. The third-order valence-corrected chi connectivity index (χ3v) is 8.17. The first-order valence-electron chi connectivity index (χ1n) is 12.5. The zero-order valence-electron chi connectivity index (χ0n) is 19.9. The molecule has 0 saturated carbocycles. The molecule has 1 aliphatic carbocycles. The van der Waals surface area contributed by atoms with Crippen molar-refractivity contribution >= 4 is 21.8 Å². The summed E-state index contributed by atoms with van der Waals surface area (Å²) in [6.45, 7) is 9.96. The van der Waals surface area contributed by atoms with Crippen LogP contribution in [0.15, 0.2) is 28.9 Å². The maximum atomic E-state index is 13.0. The second-order valence-electron chi connectivity index (χ2n) is 10.1. The molecule has 2 saturated heterocycles. The van der Waals surface area contributed by atoms with Crippen LogP contribution in [0.5, 0.6) is 0 Å². The van der Waals surface area contributed by atoms with Gasteiger partial charge >= 0.3 is 0 Å². The highest BCUT2D eigenvalue weighted by Gasteiger charge is 2.34. The van der Waals surface area contributed by atoms with Crippen molar-refractivity contribution in [3.63, 3.8) is 0 Å². The van der Waals surface area contributed by atoms with Crippen molar-refractivity contribution in [3.05, 3.63) is 62.4 Å². The lowest BCUT2D eigenvalue weighted by Crippen LogP contribution is -2.50. The van der Waals surface area contributed by atoms with E-state index in [0.29, 0.717) is 18.2 Å². The molecule has 1 unspecified atom stereocenters. The summed E-state index contributed by atoms with van der Waals surface area (Å²) in [4.78, 5) is 22.6. The number of rotatable bonds is 3. The van der Waals surface area contributed by atoms with Gasteiger partial charge in [0.05, 0.1) is 11.7 Å². The molecule has 33 heavy (non-hydrogen) atoms. The van der Waals surface area contributed by atoms with Crippen LogP contribution in [0, 0.1) is 19.8 Å². The Morgan fingerprint density at radius 2 is 1.79 bits per heavy atom. The van der Waals surface area contributed by atoms with E-state index in [9.17, 15) is 4.79 Å². The quantitative estimate of drug-likeness (QED) is 0.672. The van der Waals surface area contributed by atoms with Gasteiger partial charge < -0.3 is 10.2 Å². The van der Waals surface area contributed by atoms with Gasteiger partial charge in [0, 0.05) is 43.3 Å². The fourth-order valence-electron chi connectivity index (χ4n) is 6.06. The Hall–Kier alpha value is -1.76. The summed E-state index contributed by atoms with van der Waals surface area (Å²) in [5.74, 6) is 0.892. The Labute approximate surface area is 206 Å². The number of aryl methyl sites for hydroxylation is 4. The molecular weight excluding hydrogens is 476 g/mol. The molecular formula is C27H35BrN4O. The molecule has 0 bridgehead atoms. The molecule has 1 atom stereocenters. The number of benzene rings is 1. The smallest absolute Gasteiger partial charge is 0.222 e. The third-order valence-electron chi connectivity index (χ3n) is 7.74. The Balaban J connectivity index is 1.38. The molecule has 5 rings (SSSR count). The van der Waals surface area contributed by atoms with E-state index < -0.39 is 0 Å². The maximum Gasteiger partial charge on any atom is 0.222 e. The van der Waals surface area contributed by atoms with Gasteiger partial charge in [-0.15, -0.1) is 0 Å². The van der Waals surface area contributed by atoms with Crippen LogP contribution in [0.4, 0.5) is 0 Å². The minimum atomic E-state index is 0.160. The second-order valence-corrected chi connectivity index (χ2v) is 11.0. The van der Waals surface area contributed by atoms with Crippen LogP contribution in [-0.4, -0.2) is 60.0 Å². The van der Waals surface area contributed by atoms with E-state index in [1.807, 2.05) is 6.20 Å². The third kappa shape index (κ3) is 4.89. The molecule has 1 amide bonds. The number of piperidine rings is 1. The largest absolute Gasteiger partial charge is 0.340 e. The van der Waals surface area contributed by atoms with Crippen LogP contribution in [-0.2, 0) is 17.6 Å². The van der Waals surface area contributed by atoms with Crippen molar-refractivity contribution in [2.45, 2.75) is 52.0 Å². The summed E-state index contributed by atoms with van der Waals surface area (Å²) in [5, 5.41) is 3.40. The van der Waals surface area contributed by atoms with Gasteiger partial charge in [-0.3, -0.25) is 14.7 Å². The van der Waals surface area contributed by atoms with E-state index in [4.69, 9.17) is 4.98 Å². The highest BCUT2D eigenvalue weighted by Crippen LogP contribution is 2.39. The van der Waals surface area contributed by atoms with Gasteiger partial charge in [-0.05, 0) is 103 Å². The fourth-order valence-corrected chi connectivity index (χ4v) is 6.43. The number of halogens is 1. The normalized spacial score (nSPS) is 21.9. The van der Waals surface area contributed by atoms with Crippen molar-refractivity contribution in [2.75, 3.05) is 39.3 Å². The van der Waals surface area contributed by atoms with Crippen LogP contribution in [0.25, 0.3) is 0 Å². The number of hydrogen-bond acceptors (Lipinski definition) is 4. The van der Waals surface area contributed by atoms with Crippen molar-refractivity contribution in [3.8, 4) is 0 Å². The topological polar surface area (TPSA) is 48.5 Å². The van der Waals surface area contributed by atoms with Gasteiger partial charge in [0.15, 0.2) is 0 Å². The summed E-state index contributed by atoms with van der Waals surface area (Å²) in [7, 11) is 0. The second kappa shape index (κ2) is 9.85. The number of amides is 1. The standard InChI is InChI=1S/C27H35BrN4O/c1-18-13-19(2)25-21(14-18)3-4-22-16-23(28)17-30-26(22)27(25)32-11-9-31(10-12-32)24(33)15-20-5-7-29-8-6-20/h13-14,16-17,20,27,29H,3-12,15H2,1-2H3. The molecule has 1 aromatic heterocycles. The van der Waals surface area contributed by atoms with Gasteiger partial charge in [0.25, 0.3) is 0 Å². The summed E-state index contributed by atoms with van der Waals surface area (Å²) in [5.41, 5.74) is 8.11. The lowest BCUT2D eigenvalue weighted by Gasteiger charge is -2.40. The van der Waals surface area contributed by atoms with Crippen LogP contribution in [0.2, 0.25) is 0 Å². The molecule has 0 spiro atoms. The monoisotopic (exact) mass is 510 g/mol. The van der Waals surface area contributed by atoms with Crippen LogP contribution in [0.3, 0.4) is 0 Å². The molecule has 6 heteroatoms. The number of pyridine rings is 1. The lowest BCUT2D eigenvalue weighted by atomic mass is 9.90. The highest BCUT2D eigenvalue weighted by molar-refractivity contribution is 9.10. The first-order valence-corrected chi connectivity index (χ1v) is 13.3. The average molecular weight is 512 g/mol. The summed E-state index contributed by atoms with van der Waals surface area (Å²) in [6, 6.07) is 7.10. The van der Waals surface area contributed by atoms with Crippen molar-refractivity contribution in [2.24, 2.45) is 5.92 Å². The van der Waals surface area contributed by atoms with E-state index in [-0.39, 0.29) is 6.04 Å². The Kier molecular flexibility index (Phi) is 6.86. The molecule has 0 radical (unpaired) electrons. The minimum absolute atomic E-state index is 0.160. The number of carbonyl (C=O) groups excluding carboxylic acids is 1. The number of carbonyl (C=O) groups is 1. The minimum Gasteiger partial charge on any atom is -0.340 e. The Morgan fingerprint density at radius 3 is 2.55 bits per heavy atom. The highest BCUT2D eigenvalue weighted by atomic mass is 79.9. The number of nitrogens with zero attached hydrogens (tertiary/aromatic N) is 3. The van der Waals surface area contributed by atoms with Gasteiger partial charge in [0.1, 0.15) is 0 Å². The zero-order chi connectivity index (χ0) is 22.9. The first kappa shape index (κ1) is 23.0. The van der Waals surface area contributed by atoms with E-state index >= 15 is 0 Å². The molecule has 5 nitrogen and oxygen atoms in total. The van der Waals surface area contributed by atoms with Crippen molar-refractivity contribution in [1.29, 1.82) is 0 Å². The van der Waals surface area contributed by atoms with Crippen molar-refractivity contribution in [1.82, 2.24) is 20.1 Å². The molecule has 2 aromatic rings. The van der Waals surface area contributed by atoms with Crippen LogP contribution in [0.1, 0.15) is 58.8 Å². The van der Waals surface area contributed by atoms with Gasteiger partial charge in [-0.25, -0.2) is 0 Å². The molecule has 3 aliphatic rings. The number of piperazine rings is 1. The zero-order valence-corrected chi connectivity index (χ0v) is 21.5. The van der Waals surface area contributed by atoms with Gasteiger partial charge in [-0.1, -0.05) is 17.7 Å². The molecule has 2 aliphatic heterocycles. The van der Waals surface area contributed by atoms with Crippen molar-refractivity contribution < 1.29 is 4.79 Å². The summed E-state index contributed by atoms with van der Waals surface area (Å²) in [6.07, 6.45) is 6.98. The molecule has 176 valence electrons. The Bertz CT molecular complexity index is 1030. The summed E-state index contributed by atoms with van der Waals surface area (Å²) < 4.78 is 1.05. The predicted molar refractivity (Wildman–Crippen MR) is 135 cm³/mol. The fraction of sp³-hybridized carbons (Fsp3) is 0.556. The van der Waals surface area contributed by atoms with E-state index in [0.717, 1.165) is 69.4 Å². The number of nitrogens with one attached hydrogen (secondary N) is 1. The van der Waals surface area contributed by atoms with E-state index in [1.165, 1.54) is 33.5 Å². The lowest BCUT2D eigenvalue weighted by molar-refractivity contribution is -0.134. The first-order chi connectivity index (χ1) is 16.0.